The lowest BCUT2D eigenvalue weighted by atomic mass is 10.2. The summed E-state index contributed by atoms with van der Waals surface area (Å²) in [6.45, 7) is 6.92. The average molecular weight is 257 g/mol. The van der Waals surface area contributed by atoms with Crippen LogP contribution >= 0.6 is 0 Å². The highest BCUT2D eigenvalue weighted by Gasteiger charge is 2.24. The van der Waals surface area contributed by atoms with E-state index in [1.165, 1.54) is 12.8 Å². The van der Waals surface area contributed by atoms with Crippen LogP contribution in [0.2, 0.25) is 0 Å². The summed E-state index contributed by atoms with van der Waals surface area (Å²) >= 11 is 0. The van der Waals surface area contributed by atoms with E-state index in [9.17, 15) is 0 Å². The molecule has 1 aromatic rings. The number of nitrogens with zero attached hydrogens (tertiary/aromatic N) is 2. The minimum absolute atomic E-state index is 0.295. The van der Waals surface area contributed by atoms with Crippen molar-refractivity contribution in [2.24, 2.45) is 5.92 Å². The van der Waals surface area contributed by atoms with Crippen LogP contribution in [0.1, 0.15) is 38.4 Å². The first-order valence-electron chi connectivity index (χ1n) is 7.12. The van der Waals surface area contributed by atoms with Crippen molar-refractivity contribution < 1.29 is 0 Å². The van der Waals surface area contributed by atoms with E-state index >= 15 is 0 Å². The van der Waals surface area contributed by atoms with Gasteiger partial charge >= 0.3 is 0 Å². The first kappa shape index (κ1) is 13.9. The zero-order valence-corrected chi connectivity index (χ0v) is 11.9. The zero-order chi connectivity index (χ0) is 13.7. The van der Waals surface area contributed by atoms with E-state index in [1.54, 1.807) is 0 Å². The van der Waals surface area contributed by atoms with Gasteiger partial charge in [0.05, 0.1) is 24.1 Å². The smallest absolute Gasteiger partial charge is 0.0792 e. The number of aromatic nitrogens is 1. The Bertz CT molecular complexity index is 428. The second kappa shape index (κ2) is 6.58. The van der Waals surface area contributed by atoms with Crippen LogP contribution in [0.5, 0.6) is 0 Å². The van der Waals surface area contributed by atoms with E-state index < -0.39 is 0 Å². The van der Waals surface area contributed by atoms with E-state index in [2.05, 4.69) is 47.1 Å². The van der Waals surface area contributed by atoms with Gasteiger partial charge in [0.15, 0.2) is 0 Å². The fourth-order valence-electron chi connectivity index (χ4n) is 2.23. The van der Waals surface area contributed by atoms with Crippen molar-refractivity contribution in [1.29, 1.82) is 0 Å². The van der Waals surface area contributed by atoms with Gasteiger partial charge in [-0.05, 0) is 44.4 Å². The van der Waals surface area contributed by atoms with Crippen molar-refractivity contribution in [2.45, 2.75) is 32.7 Å². The minimum atomic E-state index is 0.295. The molecule has 0 radical (unpaired) electrons. The van der Waals surface area contributed by atoms with Crippen LogP contribution in [0.3, 0.4) is 0 Å². The molecule has 1 aliphatic rings. The molecule has 0 amide bonds. The first-order chi connectivity index (χ1) is 9.24. The number of pyridine rings is 1. The SMILES string of the molecule is C#CCN(CC1CC1)c1ccc(C(C)NCC)nc1. The molecule has 3 heteroatoms. The van der Waals surface area contributed by atoms with Gasteiger partial charge in [-0.2, -0.15) is 0 Å². The van der Waals surface area contributed by atoms with Gasteiger partial charge in [-0.3, -0.25) is 4.98 Å². The summed E-state index contributed by atoms with van der Waals surface area (Å²) in [7, 11) is 0. The van der Waals surface area contributed by atoms with Gasteiger partial charge in [0.2, 0.25) is 0 Å². The van der Waals surface area contributed by atoms with Crippen LogP contribution in [0.4, 0.5) is 5.69 Å². The van der Waals surface area contributed by atoms with Gasteiger partial charge < -0.3 is 10.2 Å². The summed E-state index contributed by atoms with van der Waals surface area (Å²) < 4.78 is 0. The van der Waals surface area contributed by atoms with Crippen molar-refractivity contribution in [3.05, 3.63) is 24.0 Å². The normalized spacial score (nSPS) is 15.8. The van der Waals surface area contributed by atoms with Crippen LogP contribution in [-0.4, -0.2) is 24.6 Å². The molecule has 2 rings (SSSR count). The highest BCUT2D eigenvalue weighted by Crippen LogP contribution is 2.31. The van der Waals surface area contributed by atoms with Crippen LogP contribution in [0.25, 0.3) is 0 Å². The summed E-state index contributed by atoms with van der Waals surface area (Å²) in [5, 5.41) is 3.37. The van der Waals surface area contributed by atoms with Crippen LogP contribution < -0.4 is 10.2 Å². The van der Waals surface area contributed by atoms with Crippen molar-refractivity contribution in [2.75, 3.05) is 24.5 Å². The van der Waals surface area contributed by atoms with Crippen LogP contribution in [-0.2, 0) is 0 Å². The molecule has 3 nitrogen and oxygen atoms in total. The van der Waals surface area contributed by atoms with E-state index in [-0.39, 0.29) is 0 Å². The maximum atomic E-state index is 5.46. The van der Waals surface area contributed by atoms with Crippen molar-refractivity contribution in [3.63, 3.8) is 0 Å². The molecular formula is C16H23N3. The first-order valence-corrected chi connectivity index (χ1v) is 7.12. The molecule has 1 unspecified atom stereocenters. The Labute approximate surface area is 116 Å². The van der Waals surface area contributed by atoms with E-state index in [4.69, 9.17) is 6.42 Å². The number of hydrogen-bond donors (Lipinski definition) is 1. The molecule has 0 spiro atoms. The number of terminal acetylenes is 1. The van der Waals surface area contributed by atoms with E-state index in [0.29, 0.717) is 12.6 Å². The molecule has 0 aromatic carbocycles. The highest BCUT2D eigenvalue weighted by atomic mass is 15.1. The number of hydrogen-bond acceptors (Lipinski definition) is 3. The Kier molecular flexibility index (Phi) is 4.81. The standard InChI is InChI=1S/C16H23N3/c1-4-10-19(12-14-6-7-14)15-8-9-16(18-11-15)13(3)17-5-2/h1,8-9,11,13-14,17H,5-7,10,12H2,2-3H3. The van der Waals surface area contributed by atoms with E-state index in [1.807, 2.05) is 6.20 Å². The third-order valence-corrected chi connectivity index (χ3v) is 3.55. The molecule has 102 valence electrons. The van der Waals surface area contributed by atoms with Gasteiger partial charge in [-0.1, -0.05) is 12.8 Å². The molecule has 0 bridgehead atoms. The maximum Gasteiger partial charge on any atom is 0.0792 e. The predicted octanol–water partition coefficient (Wildman–Crippen LogP) is 2.60. The summed E-state index contributed by atoms with van der Waals surface area (Å²) in [6, 6.07) is 4.53. The Morgan fingerprint density at radius 2 is 2.32 bits per heavy atom. The van der Waals surface area contributed by atoms with Gasteiger partial charge in [0, 0.05) is 12.6 Å². The fraction of sp³-hybridized carbons (Fsp3) is 0.562. The molecule has 1 N–H and O–H groups in total. The molecule has 1 aromatic heterocycles. The maximum absolute atomic E-state index is 5.46. The summed E-state index contributed by atoms with van der Waals surface area (Å²) in [6.07, 6.45) is 10.1. The van der Waals surface area contributed by atoms with Gasteiger partial charge in [-0.25, -0.2) is 0 Å². The third-order valence-electron chi connectivity index (χ3n) is 3.55. The molecule has 1 atom stereocenters. The second-order valence-corrected chi connectivity index (χ2v) is 5.25. The molecule has 1 fully saturated rings. The van der Waals surface area contributed by atoms with Crippen molar-refractivity contribution in [3.8, 4) is 12.3 Å². The van der Waals surface area contributed by atoms with Gasteiger partial charge in [-0.15, -0.1) is 6.42 Å². The summed E-state index contributed by atoms with van der Waals surface area (Å²) in [5.41, 5.74) is 2.22. The fourth-order valence-corrected chi connectivity index (χ4v) is 2.23. The lowest BCUT2D eigenvalue weighted by Crippen LogP contribution is -2.26. The lowest BCUT2D eigenvalue weighted by Gasteiger charge is -2.22. The molecule has 19 heavy (non-hydrogen) atoms. The van der Waals surface area contributed by atoms with E-state index in [0.717, 1.165) is 30.4 Å². The van der Waals surface area contributed by atoms with Crippen LogP contribution in [0, 0.1) is 18.3 Å². The van der Waals surface area contributed by atoms with Gasteiger partial charge in [0.25, 0.3) is 0 Å². The van der Waals surface area contributed by atoms with Crippen molar-refractivity contribution in [1.82, 2.24) is 10.3 Å². The topological polar surface area (TPSA) is 28.2 Å². The monoisotopic (exact) mass is 257 g/mol. The number of rotatable bonds is 7. The third kappa shape index (κ3) is 3.97. The largest absolute Gasteiger partial charge is 0.359 e. The Morgan fingerprint density at radius 1 is 1.53 bits per heavy atom. The molecule has 0 aliphatic heterocycles. The number of anilines is 1. The molecular weight excluding hydrogens is 234 g/mol. The second-order valence-electron chi connectivity index (χ2n) is 5.25. The number of nitrogens with one attached hydrogen (secondary N) is 1. The average Bonchev–Trinajstić information content (AvgIpc) is 3.23. The Balaban J connectivity index is 2.04. The Hall–Kier alpha value is -1.53. The van der Waals surface area contributed by atoms with Crippen molar-refractivity contribution >= 4 is 5.69 Å². The van der Waals surface area contributed by atoms with Crippen LogP contribution in [0.15, 0.2) is 18.3 Å². The minimum Gasteiger partial charge on any atom is -0.359 e. The molecule has 0 saturated heterocycles. The quantitative estimate of drug-likeness (QED) is 0.761. The molecule has 1 aliphatic carbocycles. The highest BCUT2D eigenvalue weighted by molar-refractivity contribution is 5.46. The predicted molar refractivity (Wildman–Crippen MR) is 80.1 cm³/mol. The van der Waals surface area contributed by atoms with Gasteiger partial charge in [0.1, 0.15) is 0 Å². The summed E-state index contributed by atoms with van der Waals surface area (Å²) in [5.74, 6) is 3.57. The Morgan fingerprint density at radius 3 is 2.84 bits per heavy atom. The molecule has 1 saturated carbocycles. The zero-order valence-electron chi connectivity index (χ0n) is 11.9. The molecule has 1 heterocycles. The summed E-state index contributed by atoms with van der Waals surface area (Å²) in [4.78, 5) is 6.81. The lowest BCUT2D eigenvalue weighted by molar-refractivity contribution is 0.583.